The molecule has 1 aliphatic rings. The lowest BCUT2D eigenvalue weighted by Crippen LogP contribution is -2.67. The van der Waals surface area contributed by atoms with Crippen LogP contribution in [-0.2, 0) is 21.3 Å². The normalized spacial score (nSPS) is 18.2. The molecule has 2 rings (SSSR count). The lowest BCUT2D eigenvalue weighted by Gasteiger charge is -2.40. The van der Waals surface area contributed by atoms with Crippen LogP contribution in [0, 0.1) is 0 Å². The topological polar surface area (TPSA) is 73.4 Å². The van der Waals surface area contributed by atoms with Crippen molar-refractivity contribution in [1.29, 1.82) is 0 Å². The first-order valence-corrected chi connectivity index (χ1v) is 9.06. The summed E-state index contributed by atoms with van der Waals surface area (Å²) in [6, 6.07) is 3.95. The van der Waals surface area contributed by atoms with Gasteiger partial charge in [-0.1, -0.05) is 48.5 Å². The second kappa shape index (κ2) is 6.71. The van der Waals surface area contributed by atoms with Crippen molar-refractivity contribution in [3.8, 4) is 5.75 Å². The number of phenols is 1. The third-order valence-corrected chi connectivity index (χ3v) is 4.86. The predicted octanol–water partition coefficient (Wildman–Crippen LogP) is 2.82. The van der Waals surface area contributed by atoms with Crippen molar-refractivity contribution in [2.24, 2.45) is 0 Å². The van der Waals surface area contributed by atoms with Gasteiger partial charge < -0.3 is 5.11 Å². The zero-order chi connectivity index (χ0) is 19.0. The van der Waals surface area contributed by atoms with Crippen molar-refractivity contribution >= 4 is 5.78 Å². The molecule has 25 heavy (non-hydrogen) atoms. The maximum Gasteiger partial charge on any atom is 0.171 e. The number of carbonyl (C=O) groups excluding carboxylic acids is 1. The molecule has 0 atom stereocenters. The number of nitrogens with one attached hydrogen (secondary N) is 3. The molecule has 1 aromatic rings. The molecule has 1 aromatic carbocycles. The van der Waals surface area contributed by atoms with E-state index in [4.69, 9.17) is 0 Å². The van der Waals surface area contributed by atoms with E-state index in [0.717, 1.165) is 16.7 Å². The first-order valence-electron chi connectivity index (χ1n) is 9.06. The van der Waals surface area contributed by atoms with E-state index in [2.05, 4.69) is 57.5 Å². The molecule has 1 aliphatic heterocycles. The lowest BCUT2D eigenvalue weighted by atomic mass is 9.76. The van der Waals surface area contributed by atoms with Crippen LogP contribution < -0.4 is 16.0 Å². The van der Waals surface area contributed by atoms with E-state index in [9.17, 15) is 9.90 Å². The van der Waals surface area contributed by atoms with Crippen molar-refractivity contribution in [3.63, 3.8) is 0 Å². The van der Waals surface area contributed by atoms with Crippen LogP contribution in [0.1, 0.15) is 71.6 Å². The van der Waals surface area contributed by atoms with Gasteiger partial charge in [-0.15, -0.1) is 0 Å². The largest absolute Gasteiger partial charge is 0.507 e. The molecule has 0 spiro atoms. The molecule has 1 fully saturated rings. The molecule has 0 amide bonds. The molecule has 0 saturated carbocycles. The Hall–Kier alpha value is -1.43. The second-order valence-corrected chi connectivity index (χ2v) is 8.90. The van der Waals surface area contributed by atoms with Crippen LogP contribution in [0.15, 0.2) is 12.1 Å². The van der Waals surface area contributed by atoms with E-state index in [-0.39, 0.29) is 16.6 Å². The zero-order valence-electron chi connectivity index (χ0n) is 16.6. The molecule has 0 bridgehead atoms. The van der Waals surface area contributed by atoms with Gasteiger partial charge in [-0.05, 0) is 39.7 Å². The highest BCUT2D eigenvalue weighted by Gasteiger charge is 2.41. The van der Waals surface area contributed by atoms with Crippen molar-refractivity contribution in [1.82, 2.24) is 16.0 Å². The van der Waals surface area contributed by atoms with Gasteiger partial charge in [0.05, 0.1) is 0 Å². The average molecular weight is 348 g/mol. The summed E-state index contributed by atoms with van der Waals surface area (Å²) < 4.78 is 0. The number of benzene rings is 1. The molecule has 0 aromatic heterocycles. The molecule has 5 heteroatoms. The van der Waals surface area contributed by atoms with Gasteiger partial charge in [0.2, 0.25) is 0 Å². The number of rotatable bonds is 3. The number of ketones is 1. The van der Waals surface area contributed by atoms with Gasteiger partial charge in [0.25, 0.3) is 0 Å². The fourth-order valence-electron chi connectivity index (χ4n) is 3.34. The molecule has 1 heterocycles. The van der Waals surface area contributed by atoms with E-state index in [0.29, 0.717) is 25.5 Å². The quantitative estimate of drug-likeness (QED) is 0.677. The standard InChI is InChI=1S/C20H33N3O2/c1-8-16(24)20(22-11-21-12-23-20)13-9-14(18(2,3)4)17(25)15(10-13)19(5,6)7/h9-10,21-23,25H,8,11-12H2,1-7H3. The molecule has 140 valence electrons. The fraction of sp³-hybridized carbons (Fsp3) is 0.650. The number of aromatic hydroxyl groups is 1. The number of carbonyl (C=O) groups is 1. The second-order valence-electron chi connectivity index (χ2n) is 8.90. The van der Waals surface area contributed by atoms with Crippen LogP contribution in [0.5, 0.6) is 5.75 Å². The summed E-state index contributed by atoms with van der Waals surface area (Å²) in [4.78, 5) is 12.9. The number of hydrogen-bond acceptors (Lipinski definition) is 5. The van der Waals surface area contributed by atoms with Crippen molar-refractivity contribution in [3.05, 3.63) is 28.8 Å². The SMILES string of the molecule is CCC(=O)C1(c2cc(C(C)(C)C)c(O)c(C(C)(C)C)c2)NCNCN1. The fourth-order valence-corrected chi connectivity index (χ4v) is 3.34. The maximum atomic E-state index is 12.9. The number of hydrogen-bond donors (Lipinski definition) is 4. The van der Waals surface area contributed by atoms with Crippen LogP contribution in [0.2, 0.25) is 0 Å². The van der Waals surface area contributed by atoms with Gasteiger partial charge in [0.15, 0.2) is 11.4 Å². The summed E-state index contributed by atoms with van der Waals surface area (Å²) in [5.41, 5.74) is 1.20. The Morgan fingerprint density at radius 1 is 1.04 bits per heavy atom. The molecular formula is C20H33N3O2. The van der Waals surface area contributed by atoms with E-state index < -0.39 is 5.66 Å². The molecule has 0 radical (unpaired) electrons. The third-order valence-electron chi connectivity index (χ3n) is 4.86. The summed E-state index contributed by atoms with van der Waals surface area (Å²) in [5.74, 6) is 0.427. The highest BCUT2D eigenvalue weighted by Crippen LogP contribution is 2.41. The Labute approximate surface area is 151 Å². The third kappa shape index (κ3) is 3.73. The zero-order valence-corrected chi connectivity index (χ0v) is 16.6. The van der Waals surface area contributed by atoms with Crippen LogP contribution in [0.25, 0.3) is 0 Å². The Bertz CT molecular complexity index is 613. The average Bonchev–Trinajstić information content (AvgIpc) is 2.52. The van der Waals surface area contributed by atoms with Gasteiger partial charge in [-0.3, -0.25) is 20.7 Å². The van der Waals surface area contributed by atoms with Gasteiger partial charge in [0.1, 0.15) is 5.75 Å². The van der Waals surface area contributed by atoms with Gasteiger partial charge in [0, 0.05) is 19.8 Å². The smallest absolute Gasteiger partial charge is 0.171 e. The highest BCUT2D eigenvalue weighted by molar-refractivity contribution is 5.89. The minimum absolute atomic E-state index is 0.0967. The van der Waals surface area contributed by atoms with E-state index in [1.807, 2.05) is 19.1 Å². The Kier molecular flexibility index (Phi) is 5.34. The lowest BCUT2D eigenvalue weighted by molar-refractivity contribution is -0.128. The predicted molar refractivity (Wildman–Crippen MR) is 102 cm³/mol. The van der Waals surface area contributed by atoms with Crippen molar-refractivity contribution in [2.75, 3.05) is 13.3 Å². The van der Waals surface area contributed by atoms with Crippen LogP contribution in [0.4, 0.5) is 0 Å². The monoisotopic (exact) mass is 347 g/mol. The maximum absolute atomic E-state index is 12.9. The summed E-state index contributed by atoms with van der Waals surface area (Å²) in [6.07, 6.45) is 0.427. The van der Waals surface area contributed by atoms with Crippen molar-refractivity contribution < 1.29 is 9.90 Å². The van der Waals surface area contributed by atoms with Crippen LogP contribution in [-0.4, -0.2) is 24.2 Å². The first kappa shape index (κ1) is 19.9. The summed E-state index contributed by atoms with van der Waals surface area (Å²) in [7, 11) is 0. The molecule has 5 nitrogen and oxygen atoms in total. The highest BCUT2D eigenvalue weighted by atomic mass is 16.3. The molecule has 1 saturated heterocycles. The number of Topliss-reactive ketones (excluding diaryl/α,β-unsaturated/α-hetero) is 1. The van der Waals surface area contributed by atoms with E-state index in [1.165, 1.54) is 0 Å². The van der Waals surface area contributed by atoms with Gasteiger partial charge in [-0.25, -0.2) is 0 Å². The van der Waals surface area contributed by atoms with Gasteiger partial charge >= 0.3 is 0 Å². The Balaban J connectivity index is 2.77. The minimum Gasteiger partial charge on any atom is -0.507 e. The molecule has 0 aliphatic carbocycles. The van der Waals surface area contributed by atoms with E-state index in [1.54, 1.807) is 0 Å². The van der Waals surface area contributed by atoms with Crippen LogP contribution in [0.3, 0.4) is 0 Å². The molecule has 0 unspecified atom stereocenters. The van der Waals surface area contributed by atoms with Crippen molar-refractivity contribution in [2.45, 2.75) is 71.4 Å². The van der Waals surface area contributed by atoms with Crippen LogP contribution >= 0.6 is 0 Å². The Morgan fingerprint density at radius 3 is 1.84 bits per heavy atom. The number of phenolic OH excluding ortho intramolecular Hbond substituents is 1. The summed E-state index contributed by atoms with van der Waals surface area (Å²) in [5, 5.41) is 20.7. The van der Waals surface area contributed by atoms with Gasteiger partial charge in [-0.2, -0.15) is 0 Å². The minimum atomic E-state index is -0.923. The molecule has 4 N–H and O–H groups in total. The first-order chi connectivity index (χ1) is 11.4. The Morgan fingerprint density at radius 2 is 1.48 bits per heavy atom. The van der Waals surface area contributed by atoms with E-state index >= 15 is 0 Å². The summed E-state index contributed by atoms with van der Waals surface area (Å²) >= 11 is 0. The molecular weight excluding hydrogens is 314 g/mol. The summed E-state index contributed by atoms with van der Waals surface area (Å²) in [6.45, 7) is 15.5.